The van der Waals surface area contributed by atoms with Crippen molar-refractivity contribution in [1.29, 1.82) is 0 Å². The predicted molar refractivity (Wildman–Crippen MR) is 82.1 cm³/mol. The molecule has 0 spiro atoms. The van der Waals surface area contributed by atoms with Crippen LogP contribution in [0.25, 0.3) is 0 Å². The number of fused-ring (bicyclic) bond motifs is 1. The summed E-state index contributed by atoms with van der Waals surface area (Å²) in [7, 11) is 0. The number of ether oxygens (including phenoxy) is 1. The quantitative estimate of drug-likeness (QED) is 0.872. The van der Waals surface area contributed by atoms with Gasteiger partial charge in [0.2, 0.25) is 0 Å². The third-order valence-corrected chi connectivity index (χ3v) is 3.72. The van der Waals surface area contributed by atoms with Gasteiger partial charge in [0.25, 0.3) is 5.91 Å². The minimum atomic E-state index is -0.635. The lowest BCUT2D eigenvalue weighted by atomic mass is 10.2. The minimum Gasteiger partial charge on any atom is -0.477 e. The van der Waals surface area contributed by atoms with Gasteiger partial charge >= 0.3 is 0 Å². The van der Waals surface area contributed by atoms with Crippen LogP contribution in [0.2, 0.25) is 0 Å². The Bertz CT molecular complexity index is 693. The van der Waals surface area contributed by atoms with Crippen molar-refractivity contribution in [3.63, 3.8) is 0 Å². The van der Waals surface area contributed by atoms with Crippen LogP contribution < -0.4 is 15.4 Å². The first-order valence-corrected chi connectivity index (χ1v) is 7.18. The smallest absolute Gasteiger partial charge is 0.267 e. The van der Waals surface area contributed by atoms with Crippen molar-refractivity contribution >= 4 is 33.2 Å². The number of hydrogen-bond donors (Lipinski definition) is 2. The fourth-order valence-corrected chi connectivity index (χ4v) is 2.43. The lowest BCUT2D eigenvalue weighted by Gasteiger charge is -2.26. The zero-order valence-corrected chi connectivity index (χ0v) is 12.5. The first-order chi connectivity index (χ1) is 10.1. The highest BCUT2D eigenvalue weighted by molar-refractivity contribution is 9.10. The zero-order valence-electron chi connectivity index (χ0n) is 10.9. The van der Waals surface area contributed by atoms with E-state index in [9.17, 15) is 9.18 Å². The number of halogens is 2. The summed E-state index contributed by atoms with van der Waals surface area (Å²) >= 11 is 3.08. The summed E-state index contributed by atoms with van der Waals surface area (Å²) in [6, 6.07) is 11.7. The number of anilines is 2. The SMILES string of the molecule is O=C(Nc1ccc(F)c(Br)c1)C1CNc2ccccc2O1. The number of rotatable bonds is 2. The number of para-hydroxylation sites is 2. The Hall–Kier alpha value is -2.08. The number of benzene rings is 2. The van der Waals surface area contributed by atoms with Crippen LogP contribution in [0, 0.1) is 5.82 Å². The van der Waals surface area contributed by atoms with Gasteiger partial charge in [0, 0.05) is 5.69 Å². The number of carbonyl (C=O) groups excluding carboxylic acids is 1. The van der Waals surface area contributed by atoms with Crippen LogP contribution in [0.4, 0.5) is 15.8 Å². The molecular formula is C15H12BrFN2O2. The number of hydrogen-bond acceptors (Lipinski definition) is 3. The van der Waals surface area contributed by atoms with E-state index in [4.69, 9.17) is 4.74 Å². The van der Waals surface area contributed by atoms with Gasteiger partial charge in [0.1, 0.15) is 11.6 Å². The topological polar surface area (TPSA) is 50.4 Å². The molecule has 6 heteroatoms. The molecule has 1 aliphatic rings. The van der Waals surface area contributed by atoms with Gasteiger partial charge < -0.3 is 15.4 Å². The van der Waals surface area contributed by atoms with Crippen LogP contribution in [0.15, 0.2) is 46.9 Å². The van der Waals surface area contributed by atoms with E-state index in [2.05, 4.69) is 26.6 Å². The fraction of sp³-hybridized carbons (Fsp3) is 0.133. The highest BCUT2D eigenvalue weighted by Gasteiger charge is 2.25. The van der Waals surface area contributed by atoms with Crippen molar-refractivity contribution in [3.05, 3.63) is 52.8 Å². The third kappa shape index (κ3) is 3.00. The first-order valence-electron chi connectivity index (χ1n) is 6.39. The normalized spacial score (nSPS) is 16.4. The van der Waals surface area contributed by atoms with Crippen molar-refractivity contribution in [3.8, 4) is 5.75 Å². The fourth-order valence-electron chi connectivity index (χ4n) is 2.06. The van der Waals surface area contributed by atoms with Crippen LogP contribution in [-0.2, 0) is 4.79 Å². The van der Waals surface area contributed by atoms with Gasteiger partial charge in [-0.05, 0) is 46.3 Å². The second kappa shape index (κ2) is 5.73. The summed E-state index contributed by atoms with van der Waals surface area (Å²) in [5.74, 6) is -0.0165. The Kier molecular flexibility index (Phi) is 3.79. The molecule has 1 atom stereocenters. The Labute approximate surface area is 129 Å². The molecule has 2 aromatic carbocycles. The molecule has 1 unspecified atom stereocenters. The summed E-state index contributed by atoms with van der Waals surface area (Å²) in [6.45, 7) is 0.380. The second-order valence-electron chi connectivity index (χ2n) is 4.60. The predicted octanol–water partition coefficient (Wildman–Crippen LogP) is 3.40. The minimum absolute atomic E-state index is 0.282. The molecule has 4 nitrogen and oxygen atoms in total. The molecule has 2 N–H and O–H groups in total. The largest absolute Gasteiger partial charge is 0.477 e. The van der Waals surface area contributed by atoms with E-state index >= 15 is 0 Å². The molecule has 0 bridgehead atoms. The lowest BCUT2D eigenvalue weighted by molar-refractivity contribution is -0.122. The van der Waals surface area contributed by atoms with Gasteiger partial charge in [0.05, 0.1) is 16.7 Å². The van der Waals surface area contributed by atoms with E-state index in [1.165, 1.54) is 18.2 Å². The zero-order chi connectivity index (χ0) is 14.8. The first kappa shape index (κ1) is 13.9. The maximum Gasteiger partial charge on any atom is 0.267 e. The summed E-state index contributed by atoms with van der Waals surface area (Å²) in [6.07, 6.45) is -0.635. The molecular weight excluding hydrogens is 339 g/mol. The van der Waals surface area contributed by atoms with E-state index in [0.29, 0.717) is 22.5 Å². The molecule has 0 aromatic heterocycles. The average Bonchev–Trinajstić information content (AvgIpc) is 2.50. The molecule has 0 fully saturated rings. The van der Waals surface area contributed by atoms with Gasteiger partial charge in [-0.2, -0.15) is 0 Å². The van der Waals surface area contributed by atoms with Crippen LogP contribution in [0.1, 0.15) is 0 Å². The van der Waals surface area contributed by atoms with E-state index in [0.717, 1.165) is 5.69 Å². The standard InChI is InChI=1S/C15H12BrFN2O2/c16-10-7-9(5-6-11(10)17)19-15(20)14-8-18-12-3-1-2-4-13(12)21-14/h1-7,14,18H,8H2,(H,19,20). The van der Waals surface area contributed by atoms with Gasteiger partial charge in [-0.3, -0.25) is 4.79 Å². The second-order valence-corrected chi connectivity index (χ2v) is 5.46. The number of amides is 1. The van der Waals surface area contributed by atoms with Gasteiger partial charge in [0.15, 0.2) is 6.10 Å². The van der Waals surface area contributed by atoms with E-state index in [1.807, 2.05) is 18.2 Å². The van der Waals surface area contributed by atoms with Crippen molar-refractivity contribution in [1.82, 2.24) is 0 Å². The van der Waals surface area contributed by atoms with Crippen molar-refractivity contribution < 1.29 is 13.9 Å². The molecule has 1 aliphatic heterocycles. The Morgan fingerprint density at radius 3 is 2.95 bits per heavy atom. The summed E-state index contributed by atoms with van der Waals surface area (Å²) in [4.78, 5) is 12.2. The van der Waals surface area contributed by atoms with Crippen LogP contribution >= 0.6 is 15.9 Å². The molecule has 0 radical (unpaired) electrons. The maximum atomic E-state index is 13.2. The monoisotopic (exact) mass is 350 g/mol. The van der Waals surface area contributed by atoms with Crippen molar-refractivity contribution in [2.45, 2.75) is 6.10 Å². The molecule has 108 valence electrons. The van der Waals surface area contributed by atoms with E-state index in [-0.39, 0.29) is 11.7 Å². The third-order valence-electron chi connectivity index (χ3n) is 3.11. The number of nitrogens with one attached hydrogen (secondary N) is 2. The van der Waals surface area contributed by atoms with Crippen LogP contribution in [-0.4, -0.2) is 18.6 Å². The lowest BCUT2D eigenvalue weighted by Crippen LogP contribution is -2.41. The molecule has 0 aliphatic carbocycles. The molecule has 1 heterocycles. The van der Waals surface area contributed by atoms with Gasteiger partial charge in [-0.1, -0.05) is 12.1 Å². The van der Waals surface area contributed by atoms with Gasteiger partial charge in [-0.25, -0.2) is 4.39 Å². The summed E-state index contributed by atoms with van der Waals surface area (Å²) in [5.41, 5.74) is 1.38. The van der Waals surface area contributed by atoms with E-state index < -0.39 is 6.10 Å². The van der Waals surface area contributed by atoms with Crippen LogP contribution in [0.3, 0.4) is 0 Å². The maximum absolute atomic E-state index is 13.2. The Balaban J connectivity index is 1.70. The average molecular weight is 351 g/mol. The Morgan fingerprint density at radius 1 is 1.33 bits per heavy atom. The Morgan fingerprint density at radius 2 is 2.14 bits per heavy atom. The van der Waals surface area contributed by atoms with Crippen molar-refractivity contribution in [2.75, 3.05) is 17.2 Å². The summed E-state index contributed by atoms with van der Waals surface area (Å²) < 4.78 is 19.1. The molecule has 3 rings (SSSR count). The highest BCUT2D eigenvalue weighted by atomic mass is 79.9. The van der Waals surface area contributed by atoms with Gasteiger partial charge in [-0.15, -0.1) is 0 Å². The molecule has 1 amide bonds. The summed E-state index contributed by atoms with van der Waals surface area (Å²) in [5, 5.41) is 5.85. The molecule has 2 aromatic rings. The van der Waals surface area contributed by atoms with E-state index in [1.54, 1.807) is 6.07 Å². The molecule has 21 heavy (non-hydrogen) atoms. The molecule has 0 saturated heterocycles. The molecule has 0 saturated carbocycles. The van der Waals surface area contributed by atoms with Crippen LogP contribution in [0.5, 0.6) is 5.75 Å². The van der Waals surface area contributed by atoms with Crippen molar-refractivity contribution in [2.24, 2.45) is 0 Å². The highest BCUT2D eigenvalue weighted by Crippen LogP contribution is 2.28. The number of carbonyl (C=O) groups is 1.